The summed E-state index contributed by atoms with van der Waals surface area (Å²) >= 11 is 1.38. The normalized spacial score (nSPS) is 22.1. The Kier molecular flexibility index (Phi) is 5.11. The van der Waals surface area contributed by atoms with Gasteiger partial charge in [0.1, 0.15) is 9.71 Å². The first-order valence-electron chi connectivity index (χ1n) is 9.40. The monoisotopic (exact) mass is 374 g/mol. The Hall–Kier alpha value is -1.70. The van der Waals surface area contributed by atoms with E-state index in [1.807, 2.05) is 6.07 Å². The second-order valence-corrected chi connectivity index (χ2v) is 8.22. The molecule has 2 aromatic heterocycles. The molecule has 0 aliphatic carbocycles. The topological polar surface area (TPSA) is 80.5 Å². The SMILES string of the molecule is CNC(=O)c1sc2nc(C3CCCN3CC3CCOCC3)ccc2c1N. The summed E-state index contributed by atoms with van der Waals surface area (Å²) in [6.45, 7) is 4.05. The first-order valence-corrected chi connectivity index (χ1v) is 10.2. The number of nitrogen functional groups attached to an aromatic ring is 1. The molecule has 3 N–H and O–H groups in total. The molecule has 6 nitrogen and oxygen atoms in total. The maximum Gasteiger partial charge on any atom is 0.263 e. The van der Waals surface area contributed by atoms with Crippen LogP contribution in [0.5, 0.6) is 0 Å². The van der Waals surface area contributed by atoms with E-state index in [2.05, 4.69) is 16.3 Å². The maximum absolute atomic E-state index is 12.0. The Morgan fingerprint density at radius 1 is 1.38 bits per heavy atom. The number of nitrogens with one attached hydrogen (secondary N) is 1. The minimum atomic E-state index is -0.144. The van der Waals surface area contributed by atoms with Gasteiger partial charge in [-0.25, -0.2) is 4.98 Å². The number of pyridine rings is 1. The van der Waals surface area contributed by atoms with Crippen molar-refractivity contribution in [3.8, 4) is 0 Å². The van der Waals surface area contributed by atoms with Crippen molar-refractivity contribution in [2.75, 3.05) is 39.1 Å². The molecule has 0 radical (unpaired) electrons. The predicted molar refractivity (Wildman–Crippen MR) is 105 cm³/mol. The highest BCUT2D eigenvalue weighted by molar-refractivity contribution is 7.21. The number of amides is 1. The average molecular weight is 375 g/mol. The standard InChI is InChI=1S/C19H26N4O2S/c1-21-18(24)17-16(20)13-4-5-14(22-19(13)26-17)15-3-2-8-23(15)11-12-6-9-25-10-7-12/h4-5,12,15H,2-3,6-11,20H2,1H3,(H,21,24). The summed E-state index contributed by atoms with van der Waals surface area (Å²) in [6, 6.07) is 4.49. The lowest BCUT2D eigenvalue weighted by Crippen LogP contribution is -2.32. The van der Waals surface area contributed by atoms with Gasteiger partial charge in [0.2, 0.25) is 0 Å². The highest BCUT2D eigenvalue weighted by Gasteiger charge is 2.30. The van der Waals surface area contributed by atoms with Gasteiger partial charge in [0.05, 0.1) is 17.4 Å². The second-order valence-electron chi connectivity index (χ2n) is 7.22. The molecular formula is C19H26N4O2S. The first kappa shape index (κ1) is 17.7. The number of carbonyl (C=O) groups is 1. The molecule has 2 aromatic rings. The number of likely N-dealkylation sites (tertiary alicyclic amines) is 1. The van der Waals surface area contributed by atoms with Crippen LogP contribution in [0, 0.1) is 5.92 Å². The van der Waals surface area contributed by atoms with E-state index in [1.54, 1.807) is 7.05 Å². The van der Waals surface area contributed by atoms with Gasteiger partial charge in [-0.15, -0.1) is 11.3 Å². The van der Waals surface area contributed by atoms with Gasteiger partial charge in [-0.1, -0.05) is 0 Å². The summed E-state index contributed by atoms with van der Waals surface area (Å²) < 4.78 is 5.49. The number of aromatic nitrogens is 1. The van der Waals surface area contributed by atoms with Crippen LogP contribution in [0.15, 0.2) is 12.1 Å². The van der Waals surface area contributed by atoms with Crippen LogP contribution in [-0.4, -0.2) is 49.1 Å². The maximum atomic E-state index is 12.0. The molecule has 0 spiro atoms. The van der Waals surface area contributed by atoms with Crippen LogP contribution in [0.4, 0.5) is 5.69 Å². The summed E-state index contributed by atoms with van der Waals surface area (Å²) in [7, 11) is 1.62. The number of hydrogen-bond acceptors (Lipinski definition) is 6. The van der Waals surface area contributed by atoms with E-state index in [-0.39, 0.29) is 5.91 Å². The molecule has 2 aliphatic rings. The van der Waals surface area contributed by atoms with Gasteiger partial charge in [-0.05, 0) is 50.3 Å². The third-order valence-corrected chi connectivity index (χ3v) is 6.70. The van der Waals surface area contributed by atoms with E-state index >= 15 is 0 Å². The van der Waals surface area contributed by atoms with Gasteiger partial charge in [-0.2, -0.15) is 0 Å². The second kappa shape index (κ2) is 7.50. The van der Waals surface area contributed by atoms with Gasteiger partial charge < -0.3 is 15.8 Å². The molecule has 140 valence electrons. The highest BCUT2D eigenvalue weighted by Crippen LogP contribution is 2.37. The molecule has 1 atom stereocenters. The molecule has 2 saturated heterocycles. The Labute approximate surface area is 157 Å². The fourth-order valence-corrected chi connectivity index (χ4v) is 5.17. The van der Waals surface area contributed by atoms with Gasteiger partial charge >= 0.3 is 0 Å². The summed E-state index contributed by atoms with van der Waals surface area (Å²) in [6.07, 6.45) is 4.67. The lowest BCUT2D eigenvalue weighted by molar-refractivity contribution is 0.0504. The van der Waals surface area contributed by atoms with Crippen molar-refractivity contribution in [1.29, 1.82) is 0 Å². The number of rotatable bonds is 4. The predicted octanol–water partition coefficient (Wildman–Crippen LogP) is 2.80. The summed E-state index contributed by atoms with van der Waals surface area (Å²) in [4.78, 5) is 20.9. The van der Waals surface area contributed by atoms with E-state index in [0.717, 1.165) is 67.4 Å². The molecule has 1 unspecified atom stereocenters. The van der Waals surface area contributed by atoms with Crippen LogP contribution < -0.4 is 11.1 Å². The molecule has 1 amide bonds. The number of ether oxygens (including phenoxy) is 1. The zero-order valence-corrected chi connectivity index (χ0v) is 16.0. The van der Waals surface area contributed by atoms with Crippen LogP contribution in [-0.2, 0) is 4.74 Å². The van der Waals surface area contributed by atoms with Crippen molar-refractivity contribution in [3.63, 3.8) is 0 Å². The van der Waals surface area contributed by atoms with E-state index in [9.17, 15) is 4.79 Å². The van der Waals surface area contributed by atoms with E-state index in [1.165, 1.54) is 17.8 Å². The van der Waals surface area contributed by atoms with Gasteiger partial charge in [0, 0.05) is 32.2 Å². The van der Waals surface area contributed by atoms with E-state index in [4.69, 9.17) is 15.5 Å². The molecule has 0 bridgehead atoms. The van der Waals surface area contributed by atoms with Crippen LogP contribution >= 0.6 is 11.3 Å². The van der Waals surface area contributed by atoms with Crippen molar-refractivity contribution >= 4 is 33.1 Å². The van der Waals surface area contributed by atoms with Crippen molar-refractivity contribution in [2.45, 2.75) is 31.7 Å². The quantitative estimate of drug-likeness (QED) is 0.860. The van der Waals surface area contributed by atoms with Gasteiger partial charge in [-0.3, -0.25) is 9.69 Å². The van der Waals surface area contributed by atoms with Crippen LogP contribution in [0.25, 0.3) is 10.2 Å². The fraction of sp³-hybridized carbons (Fsp3) is 0.579. The number of fused-ring (bicyclic) bond motifs is 1. The summed E-state index contributed by atoms with van der Waals surface area (Å²) in [5.41, 5.74) is 7.80. The van der Waals surface area contributed by atoms with Gasteiger partial charge in [0.15, 0.2) is 0 Å². The van der Waals surface area contributed by atoms with Crippen molar-refractivity contribution < 1.29 is 9.53 Å². The van der Waals surface area contributed by atoms with E-state index < -0.39 is 0 Å². The molecule has 2 fully saturated rings. The van der Waals surface area contributed by atoms with Crippen molar-refractivity contribution in [1.82, 2.24) is 15.2 Å². The number of carbonyl (C=O) groups excluding carboxylic acids is 1. The average Bonchev–Trinajstić information content (AvgIpc) is 3.26. The summed E-state index contributed by atoms with van der Waals surface area (Å²) in [5.74, 6) is 0.583. The minimum absolute atomic E-state index is 0.144. The number of nitrogens with zero attached hydrogens (tertiary/aromatic N) is 2. The Morgan fingerprint density at radius 3 is 2.96 bits per heavy atom. The number of thiophene rings is 1. The summed E-state index contributed by atoms with van der Waals surface area (Å²) in [5, 5.41) is 3.53. The molecule has 0 saturated carbocycles. The molecular weight excluding hydrogens is 348 g/mol. The largest absolute Gasteiger partial charge is 0.397 e. The third-order valence-electron chi connectivity index (χ3n) is 5.59. The lowest BCUT2D eigenvalue weighted by Gasteiger charge is -2.30. The Balaban J connectivity index is 1.57. The van der Waals surface area contributed by atoms with Crippen LogP contribution in [0.2, 0.25) is 0 Å². The van der Waals surface area contributed by atoms with Gasteiger partial charge in [0.25, 0.3) is 5.91 Å². The van der Waals surface area contributed by atoms with E-state index in [0.29, 0.717) is 16.6 Å². The molecule has 2 aliphatic heterocycles. The molecule has 4 rings (SSSR count). The lowest BCUT2D eigenvalue weighted by atomic mass is 9.99. The van der Waals surface area contributed by atoms with Crippen LogP contribution in [0.1, 0.15) is 47.1 Å². The smallest absolute Gasteiger partial charge is 0.263 e. The molecule has 7 heteroatoms. The molecule has 0 aromatic carbocycles. The Bertz CT molecular complexity index is 800. The highest BCUT2D eigenvalue weighted by atomic mass is 32.1. The fourth-order valence-electron chi connectivity index (χ4n) is 4.12. The van der Waals surface area contributed by atoms with Crippen molar-refractivity contribution in [3.05, 3.63) is 22.7 Å². The van der Waals surface area contributed by atoms with Crippen molar-refractivity contribution in [2.24, 2.45) is 5.92 Å². The molecule has 4 heterocycles. The molecule has 26 heavy (non-hydrogen) atoms. The minimum Gasteiger partial charge on any atom is -0.397 e. The third kappa shape index (κ3) is 3.31. The zero-order chi connectivity index (χ0) is 18.1. The van der Waals surface area contributed by atoms with Crippen LogP contribution in [0.3, 0.4) is 0 Å². The number of hydrogen-bond donors (Lipinski definition) is 2. The first-order chi connectivity index (χ1) is 12.7. The Morgan fingerprint density at radius 2 is 2.19 bits per heavy atom. The number of nitrogens with two attached hydrogens (primary N) is 1. The zero-order valence-electron chi connectivity index (χ0n) is 15.2. The number of anilines is 1.